The number of anilines is 1. The zero-order valence-corrected chi connectivity index (χ0v) is 14.4. The van der Waals surface area contributed by atoms with E-state index < -0.39 is 0 Å². The first kappa shape index (κ1) is 16.6. The molecule has 1 aromatic heterocycles. The highest BCUT2D eigenvalue weighted by molar-refractivity contribution is 7.08. The van der Waals surface area contributed by atoms with Gasteiger partial charge in [-0.3, -0.25) is 9.59 Å². The highest BCUT2D eigenvalue weighted by Gasteiger charge is 2.20. The van der Waals surface area contributed by atoms with Crippen molar-refractivity contribution in [2.45, 2.75) is 39.2 Å². The van der Waals surface area contributed by atoms with Gasteiger partial charge in [0.25, 0.3) is 5.91 Å². The van der Waals surface area contributed by atoms with Crippen LogP contribution in [0.2, 0.25) is 0 Å². The van der Waals surface area contributed by atoms with Crippen LogP contribution in [0.25, 0.3) is 0 Å². The van der Waals surface area contributed by atoms with E-state index in [4.69, 9.17) is 0 Å². The van der Waals surface area contributed by atoms with Gasteiger partial charge >= 0.3 is 0 Å². The van der Waals surface area contributed by atoms with E-state index in [2.05, 4.69) is 14.9 Å². The molecule has 2 aromatic rings. The molecule has 24 heavy (non-hydrogen) atoms. The van der Waals surface area contributed by atoms with Crippen molar-refractivity contribution < 1.29 is 9.59 Å². The smallest absolute Gasteiger partial charge is 0.265 e. The molecule has 1 fully saturated rings. The predicted molar refractivity (Wildman–Crippen MR) is 93.1 cm³/mol. The molecule has 0 radical (unpaired) electrons. The van der Waals surface area contributed by atoms with Crippen LogP contribution in [0.3, 0.4) is 0 Å². The van der Waals surface area contributed by atoms with Crippen molar-refractivity contribution in [1.82, 2.24) is 14.9 Å². The van der Waals surface area contributed by atoms with Gasteiger partial charge in [0, 0.05) is 25.2 Å². The molecule has 6 nitrogen and oxygen atoms in total. The van der Waals surface area contributed by atoms with Crippen molar-refractivity contribution in [2.24, 2.45) is 0 Å². The number of carbonyl (C=O) groups excluding carboxylic acids is 2. The molecule has 0 spiro atoms. The summed E-state index contributed by atoms with van der Waals surface area (Å²) in [6, 6.07) is 7.78. The fourth-order valence-electron chi connectivity index (χ4n) is 2.79. The van der Waals surface area contributed by atoms with E-state index in [1.165, 1.54) is 0 Å². The average Bonchev–Trinajstić information content (AvgIpc) is 3.09. The van der Waals surface area contributed by atoms with E-state index >= 15 is 0 Å². The normalized spacial score (nSPS) is 14.7. The van der Waals surface area contributed by atoms with Crippen LogP contribution in [-0.4, -0.2) is 27.9 Å². The van der Waals surface area contributed by atoms with Crippen LogP contribution in [-0.2, 0) is 17.8 Å². The third kappa shape index (κ3) is 3.62. The Bertz CT molecular complexity index is 744. The minimum atomic E-state index is -0.152. The highest BCUT2D eigenvalue weighted by Crippen LogP contribution is 2.22. The maximum absolute atomic E-state index is 12.3. The fraction of sp³-hybridized carbons (Fsp3) is 0.412. The number of hydrogen-bond acceptors (Lipinski definition) is 5. The number of rotatable bonds is 5. The summed E-state index contributed by atoms with van der Waals surface area (Å²) in [6.07, 6.45) is 3.30. The zero-order valence-electron chi connectivity index (χ0n) is 13.6. The van der Waals surface area contributed by atoms with E-state index in [1.54, 1.807) is 0 Å². The van der Waals surface area contributed by atoms with Crippen LogP contribution < -0.4 is 10.2 Å². The van der Waals surface area contributed by atoms with Crippen molar-refractivity contribution in [3.63, 3.8) is 0 Å². The van der Waals surface area contributed by atoms with E-state index in [1.807, 2.05) is 36.1 Å². The van der Waals surface area contributed by atoms with Gasteiger partial charge in [-0.15, -0.1) is 5.10 Å². The number of amides is 2. The molecule has 1 N–H and O–H groups in total. The van der Waals surface area contributed by atoms with Gasteiger partial charge in [-0.2, -0.15) is 0 Å². The molecule has 1 aliphatic rings. The summed E-state index contributed by atoms with van der Waals surface area (Å²) in [6.45, 7) is 3.13. The van der Waals surface area contributed by atoms with Gasteiger partial charge in [-0.25, -0.2) is 0 Å². The number of carbonyl (C=O) groups is 2. The van der Waals surface area contributed by atoms with Gasteiger partial charge in [0.15, 0.2) is 0 Å². The molecule has 0 unspecified atom stereocenters. The van der Waals surface area contributed by atoms with Crippen molar-refractivity contribution in [3.8, 4) is 0 Å². The van der Waals surface area contributed by atoms with Crippen LogP contribution in [0.15, 0.2) is 24.3 Å². The Hall–Kier alpha value is -2.28. The summed E-state index contributed by atoms with van der Waals surface area (Å²) in [5, 5.41) is 6.86. The Balaban J connectivity index is 1.66. The Morgan fingerprint density at radius 1 is 1.38 bits per heavy atom. The summed E-state index contributed by atoms with van der Waals surface area (Å²) in [5.74, 6) is 0.0204. The first-order valence-corrected chi connectivity index (χ1v) is 8.95. The molecule has 7 heteroatoms. The number of aromatic nitrogens is 2. The molecule has 0 bridgehead atoms. The van der Waals surface area contributed by atoms with E-state index in [-0.39, 0.29) is 11.8 Å². The molecule has 0 atom stereocenters. The van der Waals surface area contributed by atoms with Gasteiger partial charge in [0.2, 0.25) is 5.91 Å². The minimum absolute atomic E-state index is 0.152. The number of nitrogens with zero attached hydrogens (tertiary/aromatic N) is 3. The molecule has 2 heterocycles. The standard InChI is InChI=1S/C17H20N4O2S/c1-2-14-16(24-20-19-14)17(23)18-11-12-6-5-7-13(10-12)21-9-4-3-8-15(21)22/h5-7,10H,2-4,8-9,11H2,1H3,(H,18,23). The molecule has 1 aliphatic heterocycles. The van der Waals surface area contributed by atoms with Gasteiger partial charge in [-0.1, -0.05) is 23.5 Å². The molecular formula is C17H20N4O2S. The monoisotopic (exact) mass is 344 g/mol. The van der Waals surface area contributed by atoms with Crippen LogP contribution in [0.5, 0.6) is 0 Å². The van der Waals surface area contributed by atoms with Crippen molar-refractivity contribution in [3.05, 3.63) is 40.4 Å². The van der Waals surface area contributed by atoms with Gasteiger partial charge in [-0.05, 0) is 48.5 Å². The summed E-state index contributed by atoms with van der Waals surface area (Å²) in [4.78, 5) is 26.7. The second kappa shape index (κ2) is 7.53. The summed E-state index contributed by atoms with van der Waals surface area (Å²) in [7, 11) is 0. The maximum atomic E-state index is 12.3. The second-order valence-electron chi connectivity index (χ2n) is 5.76. The number of aryl methyl sites for hydroxylation is 1. The van der Waals surface area contributed by atoms with E-state index in [0.29, 0.717) is 24.3 Å². The number of piperidine rings is 1. The lowest BCUT2D eigenvalue weighted by Crippen LogP contribution is -2.35. The third-order valence-corrected chi connectivity index (χ3v) is 4.86. The lowest BCUT2D eigenvalue weighted by molar-refractivity contribution is -0.119. The summed E-state index contributed by atoms with van der Waals surface area (Å²) < 4.78 is 3.84. The molecular weight excluding hydrogens is 324 g/mol. The average molecular weight is 344 g/mol. The van der Waals surface area contributed by atoms with Gasteiger partial charge in [0.05, 0.1) is 5.69 Å². The number of benzene rings is 1. The SMILES string of the molecule is CCc1nnsc1C(=O)NCc1cccc(N2CCCCC2=O)c1. The predicted octanol–water partition coefficient (Wildman–Crippen LogP) is 2.55. The quantitative estimate of drug-likeness (QED) is 0.904. The van der Waals surface area contributed by atoms with Gasteiger partial charge in [0.1, 0.15) is 4.88 Å². The first-order chi connectivity index (χ1) is 11.7. The number of hydrogen-bond donors (Lipinski definition) is 1. The van der Waals surface area contributed by atoms with E-state index in [0.717, 1.165) is 47.9 Å². The summed E-state index contributed by atoms with van der Waals surface area (Å²) in [5.41, 5.74) is 2.60. The molecule has 0 saturated carbocycles. The first-order valence-electron chi connectivity index (χ1n) is 8.17. The highest BCUT2D eigenvalue weighted by atomic mass is 32.1. The molecule has 1 saturated heterocycles. The van der Waals surface area contributed by atoms with Crippen LogP contribution >= 0.6 is 11.5 Å². The minimum Gasteiger partial charge on any atom is -0.347 e. The lowest BCUT2D eigenvalue weighted by Gasteiger charge is -2.27. The summed E-state index contributed by atoms with van der Waals surface area (Å²) >= 11 is 1.12. The number of nitrogens with one attached hydrogen (secondary N) is 1. The van der Waals surface area contributed by atoms with Crippen molar-refractivity contribution >= 4 is 29.0 Å². The molecule has 0 aliphatic carbocycles. The maximum Gasteiger partial charge on any atom is 0.265 e. The molecule has 3 rings (SSSR count). The molecule has 2 amide bonds. The van der Waals surface area contributed by atoms with Crippen LogP contribution in [0.4, 0.5) is 5.69 Å². The topological polar surface area (TPSA) is 75.2 Å². The van der Waals surface area contributed by atoms with Crippen molar-refractivity contribution in [2.75, 3.05) is 11.4 Å². The van der Waals surface area contributed by atoms with Crippen LogP contribution in [0, 0.1) is 0 Å². The van der Waals surface area contributed by atoms with Gasteiger partial charge < -0.3 is 10.2 Å². The third-order valence-electron chi connectivity index (χ3n) is 4.10. The molecule has 1 aromatic carbocycles. The lowest BCUT2D eigenvalue weighted by atomic mass is 10.1. The fourth-order valence-corrected chi connectivity index (χ4v) is 3.45. The van der Waals surface area contributed by atoms with E-state index in [9.17, 15) is 9.59 Å². The zero-order chi connectivity index (χ0) is 16.9. The molecule has 126 valence electrons. The Kier molecular flexibility index (Phi) is 5.20. The largest absolute Gasteiger partial charge is 0.347 e. The van der Waals surface area contributed by atoms with Crippen LogP contribution in [0.1, 0.15) is 47.1 Å². The Labute approximate surface area is 145 Å². The van der Waals surface area contributed by atoms with Crippen molar-refractivity contribution in [1.29, 1.82) is 0 Å². The Morgan fingerprint density at radius 3 is 3.04 bits per heavy atom. The Morgan fingerprint density at radius 2 is 2.25 bits per heavy atom. The second-order valence-corrected chi connectivity index (χ2v) is 6.51.